The maximum atomic E-state index is 6.04. The fraction of sp³-hybridized carbons (Fsp3) is 0.500. The molecule has 1 aromatic rings. The van der Waals surface area contributed by atoms with E-state index in [0.717, 1.165) is 12.3 Å². The highest BCUT2D eigenvalue weighted by Crippen LogP contribution is 2.28. The molecule has 7 heteroatoms. The van der Waals surface area contributed by atoms with Crippen LogP contribution in [0.4, 0.5) is 11.6 Å². The van der Waals surface area contributed by atoms with E-state index in [1.807, 2.05) is 11.8 Å². The number of pyridine rings is 1. The van der Waals surface area contributed by atoms with Crippen molar-refractivity contribution in [3.05, 3.63) is 16.1 Å². The number of nitrogens with two attached hydrogens (primary N) is 1. The molecule has 0 spiro atoms. The van der Waals surface area contributed by atoms with E-state index in [2.05, 4.69) is 28.9 Å². The summed E-state index contributed by atoms with van der Waals surface area (Å²) in [4.78, 5) is 4.20. The standard InChI is InChI=1S/C10H16Cl2N4S/c1-6(5-17-2)4-14-9-7(11)3-8(12)10(15-9)16-13/h3,6H,4-5,13H2,1-2H3,(H2,14,15,16). The summed E-state index contributed by atoms with van der Waals surface area (Å²) in [7, 11) is 0. The molecule has 17 heavy (non-hydrogen) atoms. The Morgan fingerprint density at radius 2 is 2.06 bits per heavy atom. The number of aromatic nitrogens is 1. The van der Waals surface area contributed by atoms with Crippen molar-refractivity contribution in [2.24, 2.45) is 11.8 Å². The van der Waals surface area contributed by atoms with Gasteiger partial charge in [-0.05, 0) is 24.0 Å². The van der Waals surface area contributed by atoms with Crippen LogP contribution in [0.2, 0.25) is 10.0 Å². The first kappa shape index (κ1) is 14.7. The molecule has 1 unspecified atom stereocenters. The number of nitrogens with zero attached hydrogens (tertiary/aromatic N) is 1. The van der Waals surface area contributed by atoms with Crippen molar-refractivity contribution in [1.29, 1.82) is 0 Å². The third-order valence-electron chi connectivity index (χ3n) is 2.14. The number of hydrogen-bond donors (Lipinski definition) is 3. The first-order chi connectivity index (χ1) is 8.08. The van der Waals surface area contributed by atoms with Crippen LogP contribution >= 0.6 is 35.0 Å². The molecule has 1 aromatic heterocycles. The van der Waals surface area contributed by atoms with E-state index in [9.17, 15) is 0 Å². The van der Waals surface area contributed by atoms with Crippen LogP contribution in [0.5, 0.6) is 0 Å². The second-order valence-electron chi connectivity index (χ2n) is 3.73. The predicted molar refractivity (Wildman–Crippen MR) is 78.1 cm³/mol. The summed E-state index contributed by atoms with van der Waals surface area (Å²) in [6.45, 7) is 2.97. The molecule has 0 amide bonds. The molecule has 0 aromatic carbocycles. The molecule has 0 fully saturated rings. The zero-order chi connectivity index (χ0) is 12.8. The minimum absolute atomic E-state index is 0.403. The van der Waals surface area contributed by atoms with Crippen molar-refractivity contribution in [1.82, 2.24) is 4.98 Å². The molecule has 0 bridgehead atoms. The van der Waals surface area contributed by atoms with Gasteiger partial charge in [-0.25, -0.2) is 10.8 Å². The Kier molecular flexibility index (Phi) is 6.19. The number of thioether (sulfide) groups is 1. The second-order valence-corrected chi connectivity index (χ2v) is 5.46. The van der Waals surface area contributed by atoms with Crippen LogP contribution in [-0.2, 0) is 0 Å². The van der Waals surface area contributed by atoms with Crippen LogP contribution in [0.1, 0.15) is 6.92 Å². The van der Waals surface area contributed by atoms with E-state index in [1.54, 1.807) is 6.07 Å². The van der Waals surface area contributed by atoms with Crippen molar-refractivity contribution in [2.45, 2.75) is 6.92 Å². The number of nitrogens with one attached hydrogen (secondary N) is 2. The fourth-order valence-corrected chi connectivity index (χ4v) is 2.47. The van der Waals surface area contributed by atoms with E-state index < -0.39 is 0 Å². The zero-order valence-corrected chi connectivity index (χ0v) is 12.1. The van der Waals surface area contributed by atoms with Gasteiger partial charge in [0.1, 0.15) is 5.82 Å². The maximum absolute atomic E-state index is 6.04. The van der Waals surface area contributed by atoms with Crippen LogP contribution in [0.25, 0.3) is 0 Å². The lowest BCUT2D eigenvalue weighted by atomic mass is 10.2. The van der Waals surface area contributed by atoms with Crippen molar-refractivity contribution in [3.8, 4) is 0 Å². The average molecular weight is 295 g/mol. The molecule has 0 aliphatic heterocycles. The van der Waals surface area contributed by atoms with Crippen molar-refractivity contribution >= 4 is 46.6 Å². The summed E-state index contributed by atoms with van der Waals surface area (Å²) >= 11 is 13.7. The minimum atomic E-state index is 0.403. The summed E-state index contributed by atoms with van der Waals surface area (Å²) in [5, 5.41) is 4.08. The highest BCUT2D eigenvalue weighted by atomic mass is 35.5. The van der Waals surface area contributed by atoms with Gasteiger partial charge in [0.05, 0.1) is 10.0 Å². The van der Waals surface area contributed by atoms with E-state index in [4.69, 9.17) is 29.0 Å². The topological polar surface area (TPSA) is 63.0 Å². The Balaban J connectivity index is 2.70. The second kappa shape index (κ2) is 7.16. The number of anilines is 2. The predicted octanol–water partition coefficient (Wildman–Crippen LogP) is 3.08. The van der Waals surface area contributed by atoms with Gasteiger partial charge in [0, 0.05) is 6.54 Å². The highest BCUT2D eigenvalue weighted by molar-refractivity contribution is 7.98. The molecule has 4 N–H and O–H groups in total. The molecule has 0 saturated heterocycles. The number of halogens is 2. The maximum Gasteiger partial charge on any atom is 0.161 e. The lowest BCUT2D eigenvalue weighted by Gasteiger charge is -2.14. The SMILES string of the molecule is CSCC(C)CNc1nc(NN)c(Cl)cc1Cl. The van der Waals surface area contributed by atoms with Crippen LogP contribution in [0, 0.1) is 5.92 Å². The number of rotatable bonds is 6. The van der Waals surface area contributed by atoms with Crippen molar-refractivity contribution in [2.75, 3.05) is 29.3 Å². The van der Waals surface area contributed by atoms with Gasteiger partial charge in [0.15, 0.2) is 5.82 Å². The first-order valence-electron chi connectivity index (χ1n) is 5.14. The average Bonchev–Trinajstić information content (AvgIpc) is 2.28. The monoisotopic (exact) mass is 294 g/mol. The van der Waals surface area contributed by atoms with Crippen LogP contribution in [0.15, 0.2) is 6.07 Å². The lowest BCUT2D eigenvalue weighted by Crippen LogP contribution is -2.16. The Bertz CT molecular complexity index is 376. The van der Waals surface area contributed by atoms with Gasteiger partial charge in [0.2, 0.25) is 0 Å². The number of hydrogen-bond acceptors (Lipinski definition) is 5. The molecule has 0 aliphatic carbocycles. The van der Waals surface area contributed by atoms with Gasteiger partial charge in [-0.2, -0.15) is 11.8 Å². The largest absolute Gasteiger partial charge is 0.368 e. The number of hydrazine groups is 1. The van der Waals surface area contributed by atoms with Gasteiger partial charge >= 0.3 is 0 Å². The summed E-state index contributed by atoms with van der Waals surface area (Å²) in [6.07, 6.45) is 2.08. The molecule has 1 heterocycles. The molecular formula is C10H16Cl2N4S. The summed E-state index contributed by atoms with van der Waals surface area (Å²) in [6, 6.07) is 1.62. The molecule has 4 nitrogen and oxygen atoms in total. The van der Waals surface area contributed by atoms with Crippen LogP contribution < -0.4 is 16.6 Å². The van der Waals surface area contributed by atoms with Gasteiger partial charge in [-0.1, -0.05) is 30.1 Å². The Morgan fingerprint density at radius 3 is 2.65 bits per heavy atom. The molecule has 0 saturated carbocycles. The molecule has 0 radical (unpaired) electrons. The third kappa shape index (κ3) is 4.43. The van der Waals surface area contributed by atoms with Gasteiger partial charge < -0.3 is 10.7 Å². The van der Waals surface area contributed by atoms with Crippen LogP contribution in [0.3, 0.4) is 0 Å². The van der Waals surface area contributed by atoms with Crippen molar-refractivity contribution in [3.63, 3.8) is 0 Å². The van der Waals surface area contributed by atoms with Gasteiger partial charge in [0.25, 0.3) is 0 Å². The molecular weight excluding hydrogens is 279 g/mol. The van der Waals surface area contributed by atoms with Crippen LogP contribution in [-0.4, -0.2) is 23.5 Å². The lowest BCUT2D eigenvalue weighted by molar-refractivity contribution is 0.700. The highest BCUT2D eigenvalue weighted by Gasteiger charge is 2.09. The Hall–Kier alpha value is -0.360. The summed E-state index contributed by atoms with van der Waals surface area (Å²) in [5.41, 5.74) is 2.43. The third-order valence-corrected chi connectivity index (χ3v) is 3.61. The Labute approximate surface area is 116 Å². The molecule has 1 atom stereocenters. The minimum Gasteiger partial charge on any atom is -0.368 e. The fourth-order valence-electron chi connectivity index (χ4n) is 1.31. The normalized spacial score (nSPS) is 12.3. The van der Waals surface area contributed by atoms with E-state index in [0.29, 0.717) is 27.6 Å². The first-order valence-corrected chi connectivity index (χ1v) is 7.29. The zero-order valence-electron chi connectivity index (χ0n) is 9.76. The summed E-state index contributed by atoms with van der Waals surface area (Å²) < 4.78 is 0. The molecule has 1 rings (SSSR count). The summed E-state index contributed by atoms with van der Waals surface area (Å²) in [5.74, 6) is 7.93. The Morgan fingerprint density at radius 1 is 1.41 bits per heavy atom. The van der Waals surface area contributed by atoms with Crippen molar-refractivity contribution < 1.29 is 0 Å². The molecule has 0 aliphatic rings. The number of nitrogen functional groups attached to an aromatic ring is 1. The van der Waals surface area contributed by atoms with Gasteiger partial charge in [-0.3, -0.25) is 0 Å². The van der Waals surface area contributed by atoms with Gasteiger partial charge in [-0.15, -0.1) is 0 Å². The quantitative estimate of drug-likeness (QED) is 0.556. The van der Waals surface area contributed by atoms with E-state index in [1.165, 1.54) is 0 Å². The van der Waals surface area contributed by atoms with E-state index >= 15 is 0 Å². The smallest absolute Gasteiger partial charge is 0.161 e. The van der Waals surface area contributed by atoms with E-state index in [-0.39, 0.29) is 0 Å². The molecule has 96 valence electrons.